The molecule has 1 heterocycles. The maximum atomic E-state index is 12.6. The van der Waals surface area contributed by atoms with E-state index in [0.717, 1.165) is 22.7 Å². The van der Waals surface area contributed by atoms with Crippen molar-refractivity contribution < 1.29 is 9.53 Å². The van der Waals surface area contributed by atoms with Gasteiger partial charge in [0, 0.05) is 25.9 Å². The van der Waals surface area contributed by atoms with Gasteiger partial charge in [-0.25, -0.2) is 4.98 Å². The molecule has 0 aliphatic carbocycles. The number of amides is 1. The van der Waals surface area contributed by atoms with E-state index in [2.05, 4.69) is 10.3 Å². The molecule has 1 amide bonds. The summed E-state index contributed by atoms with van der Waals surface area (Å²) in [5.41, 5.74) is 2.09. The number of aromatic nitrogens is 2. The van der Waals surface area contributed by atoms with Crippen molar-refractivity contribution in [1.82, 2.24) is 14.9 Å². The molecule has 0 saturated heterocycles. The van der Waals surface area contributed by atoms with Crippen LogP contribution in [0.1, 0.15) is 29.4 Å². The molecule has 2 aromatic carbocycles. The van der Waals surface area contributed by atoms with Gasteiger partial charge in [-0.2, -0.15) is 0 Å². The lowest BCUT2D eigenvalue weighted by molar-refractivity contribution is -0.121. The number of nitrogens with zero attached hydrogens (tertiary/aromatic N) is 2. The molecule has 5 heteroatoms. The SMILES string of the molecule is COc1cccc(CCC(=O)NC(c2ccccc2)c2nccn2C)c1. The third-order valence-electron chi connectivity index (χ3n) is 4.33. The molecule has 26 heavy (non-hydrogen) atoms. The van der Waals surface area contributed by atoms with E-state index in [4.69, 9.17) is 4.74 Å². The van der Waals surface area contributed by atoms with Gasteiger partial charge < -0.3 is 14.6 Å². The highest BCUT2D eigenvalue weighted by molar-refractivity contribution is 5.77. The predicted octanol–water partition coefficient (Wildman–Crippen LogP) is 3.27. The Hall–Kier alpha value is -3.08. The van der Waals surface area contributed by atoms with E-state index in [1.54, 1.807) is 13.3 Å². The van der Waals surface area contributed by atoms with Crippen molar-refractivity contribution >= 4 is 5.91 Å². The molecule has 1 unspecified atom stereocenters. The monoisotopic (exact) mass is 349 g/mol. The van der Waals surface area contributed by atoms with Crippen LogP contribution in [0.4, 0.5) is 0 Å². The maximum absolute atomic E-state index is 12.6. The van der Waals surface area contributed by atoms with Gasteiger partial charge in [-0.3, -0.25) is 4.79 Å². The molecule has 1 N–H and O–H groups in total. The summed E-state index contributed by atoms with van der Waals surface area (Å²) in [6, 6.07) is 17.4. The van der Waals surface area contributed by atoms with Crippen molar-refractivity contribution in [3.8, 4) is 5.75 Å². The molecule has 5 nitrogen and oxygen atoms in total. The normalized spacial score (nSPS) is 11.8. The highest BCUT2D eigenvalue weighted by atomic mass is 16.5. The molecule has 134 valence electrons. The quantitative estimate of drug-likeness (QED) is 0.712. The van der Waals surface area contributed by atoms with Crippen LogP contribution in [0.2, 0.25) is 0 Å². The maximum Gasteiger partial charge on any atom is 0.221 e. The number of benzene rings is 2. The molecule has 0 fully saturated rings. The number of hydrogen-bond acceptors (Lipinski definition) is 3. The van der Waals surface area contributed by atoms with E-state index >= 15 is 0 Å². The van der Waals surface area contributed by atoms with Crippen molar-refractivity contribution in [1.29, 1.82) is 0 Å². The summed E-state index contributed by atoms with van der Waals surface area (Å²) < 4.78 is 7.17. The van der Waals surface area contributed by atoms with E-state index in [9.17, 15) is 4.79 Å². The Morgan fingerprint density at radius 3 is 2.69 bits per heavy atom. The Morgan fingerprint density at radius 1 is 1.19 bits per heavy atom. The third-order valence-corrected chi connectivity index (χ3v) is 4.33. The molecule has 0 bridgehead atoms. The molecular formula is C21H23N3O2. The van der Waals surface area contributed by atoms with Gasteiger partial charge in [0.15, 0.2) is 0 Å². The number of ether oxygens (including phenoxy) is 1. The van der Waals surface area contributed by atoms with E-state index in [1.165, 1.54) is 0 Å². The van der Waals surface area contributed by atoms with Gasteiger partial charge in [0.25, 0.3) is 0 Å². The van der Waals surface area contributed by atoms with Crippen LogP contribution in [-0.4, -0.2) is 22.6 Å². The number of carbonyl (C=O) groups is 1. The van der Waals surface area contributed by atoms with Gasteiger partial charge in [-0.05, 0) is 29.7 Å². The van der Waals surface area contributed by atoms with Crippen LogP contribution in [0.3, 0.4) is 0 Å². The molecule has 0 saturated carbocycles. The minimum atomic E-state index is -0.269. The second kappa shape index (κ2) is 8.34. The first-order valence-electron chi connectivity index (χ1n) is 8.62. The van der Waals surface area contributed by atoms with E-state index in [1.807, 2.05) is 72.4 Å². The van der Waals surface area contributed by atoms with Crippen LogP contribution in [0.15, 0.2) is 67.0 Å². The van der Waals surface area contributed by atoms with Crippen molar-refractivity contribution in [3.63, 3.8) is 0 Å². The zero-order valence-electron chi connectivity index (χ0n) is 15.1. The Labute approximate surface area is 153 Å². The topological polar surface area (TPSA) is 56.1 Å². The summed E-state index contributed by atoms with van der Waals surface area (Å²) in [6.07, 6.45) is 4.69. The van der Waals surface area contributed by atoms with Crippen molar-refractivity contribution in [2.24, 2.45) is 7.05 Å². The number of carbonyl (C=O) groups excluding carboxylic acids is 1. The van der Waals surface area contributed by atoms with Gasteiger partial charge in [-0.1, -0.05) is 42.5 Å². The summed E-state index contributed by atoms with van der Waals surface area (Å²) >= 11 is 0. The van der Waals surface area contributed by atoms with Gasteiger partial charge >= 0.3 is 0 Å². The Kier molecular flexibility index (Phi) is 5.69. The summed E-state index contributed by atoms with van der Waals surface area (Å²) in [6.45, 7) is 0. The lowest BCUT2D eigenvalue weighted by atomic mass is 10.0. The zero-order valence-corrected chi connectivity index (χ0v) is 15.1. The first kappa shape index (κ1) is 17.7. The standard InChI is InChI=1S/C21H23N3O2/c1-24-14-13-22-21(24)20(17-8-4-3-5-9-17)23-19(25)12-11-16-7-6-10-18(15-16)26-2/h3-10,13-15,20H,11-12H2,1-2H3,(H,23,25). The van der Waals surface area contributed by atoms with Gasteiger partial charge in [-0.15, -0.1) is 0 Å². The zero-order chi connectivity index (χ0) is 18.4. The lowest BCUT2D eigenvalue weighted by Crippen LogP contribution is -2.31. The van der Waals surface area contributed by atoms with Crippen LogP contribution < -0.4 is 10.1 Å². The Morgan fingerprint density at radius 2 is 2.00 bits per heavy atom. The van der Waals surface area contributed by atoms with Gasteiger partial charge in [0.05, 0.1) is 7.11 Å². The number of nitrogens with one attached hydrogen (secondary N) is 1. The van der Waals surface area contributed by atoms with Crippen LogP contribution in [-0.2, 0) is 18.3 Å². The molecule has 1 atom stereocenters. The first-order chi connectivity index (χ1) is 12.7. The molecular weight excluding hydrogens is 326 g/mol. The molecule has 0 radical (unpaired) electrons. The fourth-order valence-corrected chi connectivity index (χ4v) is 2.92. The van der Waals surface area contributed by atoms with Crippen LogP contribution >= 0.6 is 0 Å². The van der Waals surface area contributed by atoms with Crippen LogP contribution in [0.25, 0.3) is 0 Å². The number of methoxy groups -OCH3 is 1. The van der Waals surface area contributed by atoms with E-state index < -0.39 is 0 Å². The second-order valence-electron chi connectivity index (χ2n) is 6.16. The molecule has 3 aromatic rings. The highest BCUT2D eigenvalue weighted by Crippen LogP contribution is 2.20. The predicted molar refractivity (Wildman–Crippen MR) is 101 cm³/mol. The Balaban J connectivity index is 1.70. The molecule has 0 aliphatic heterocycles. The number of rotatable bonds is 7. The molecule has 3 rings (SSSR count). The Bertz CT molecular complexity index is 858. The fourth-order valence-electron chi connectivity index (χ4n) is 2.92. The molecule has 1 aromatic heterocycles. The number of imidazole rings is 1. The van der Waals surface area contributed by atoms with Gasteiger partial charge in [0.2, 0.25) is 5.91 Å². The lowest BCUT2D eigenvalue weighted by Gasteiger charge is -2.19. The molecule has 0 aliphatic rings. The van der Waals surface area contributed by atoms with Gasteiger partial charge in [0.1, 0.15) is 17.6 Å². The fraction of sp³-hybridized carbons (Fsp3) is 0.238. The van der Waals surface area contributed by atoms with Crippen molar-refractivity contribution in [3.05, 3.63) is 83.9 Å². The molecule has 0 spiro atoms. The smallest absolute Gasteiger partial charge is 0.221 e. The summed E-state index contributed by atoms with van der Waals surface area (Å²) in [5.74, 6) is 1.61. The highest BCUT2D eigenvalue weighted by Gasteiger charge is 2.20. The largest absolute Gasteiger partial charge is 0.497 e. The second-order valence-corrected chi connectivity index (χ2v) is 6.16. The van der Waals surface area contributed by atoms with Crippen LogP contribution in [0, 0.1) is 0 Å². The number of hydrogen-bond donors (Lipinski definition) is 1. The average molecular weight is 349 g/mol. The summed E-state index contributed by atoms with van der Waals surface area (Å²) in [4.78, 5) is 17.0. The van der Waals surface area contributed by atoms with Crippen molar-refractivity contribution in [2.75, 3.05) is 7.11 Å². The minimum Gasteiger partial charge on any atom is -0.497 e. The number of aryl methyl sites for hydroxylation is 2. The third kappa shape index (κ3) is 4.30. The minimum absolute atomic E-state index is 0.00956. The van der Waals surface area contributed by atoms with E-state index in [0.29, 0.717) is 12.8 Å². The average Bonchev–Trinajstić information content (AvgIpc) is 3.11. The first-order valence-corrected chi connectivity index (χ1v) is 8.62. The van der Waals surface area contributed by atoms with Crippen molar-refractivity contribution in [2.45, 2.75) is 18.9 Å². The summed E-state index contributed by atoms with van der Waals surface area (Å²) in [5, 5.41) is 3.12. The van der Waals surface area contributed by atoms with E-state index in [-0.39, 0.29) is 11.9 Å². The summed E-state index contributed by atoms with van der Waals surface area (Å²) in [7, 11) is 3.57. The van der Waals surface area contributed by atoms with Crippen LogP contribution in [0.5, 0.6) is 5.75 Å².